The Balaban J connectivity index is 1.10. The highest BCUT2D eigenvalue weighted by molar-refractivity contribution is 7.16. The molecule has 0 radical (unpaired) electrons. The molecule has 37 heavy (non-hydrogen) atoms. The standard InChI is InChI=1S/C28H33N7OS/c1-5-34-12-27(13-34)14-35(15-27)19-6-7-20(29-11-19)31-26-30-10-17(2)22(32-26)23-18(3)21-24(37-23)28(8-9-28)16-33(4)25(21)36/h6-7,10-11H,5,8-9,12-16H2,1-4H3,(H,29,30,31,32). The van der Waals surface area contributed by atoms with Crippen molar-refractivity contribution in [2.24, 2.45) is 5.41 Å². The second-order valence-electron chi connectivity index (χ2n) is 11.6. The van der Waals surface area contributed by atoms with Gasteiger partial charge in [0.05, 0.1) is 28.0 Å². The van der Waals surface area contributed by atoms with Crippen molar-refractivity contribution in [3.05, 3.63) is 46.1 Å². The quantitative estimate of drug-likeness (QED) is 0.545. The van der Waals surface area contributed by atoms with E-state index in [4.69, 9.17) is 4.98 Å². The summed E-state index contributed by atoms with van der Waals surface area (Å²) in [6, 6.07) is 4.13. The third-order valence-electron chi connectivity index (χ3n) is 8.74. The maximum Gasteiger partial charge on any atom is 0.255 e. The predicted molar refractivity (Wildman–Crippen MR) is 147 cm³/mol. The fraction of sp³-hybridized carbons (Fsp3) is 0.500. The van der Waals surface area contributed by atoms with Crippen LogP contribution in [0.15, 0.2) is 24.5 Å². The van der Waals surface area contributed by atoms with E-state index in [1.54, 1.807) is 11.3 Å². The zero-order valence-corrected chi connectivity index (χ0v) is 22.8. The summed E-state index contributed by atoms with van der Waals surface area (Å²) in [5.41, 5.74) is 5.66. The van der Waals surface area contributed by atoms with Crippen molar-refractivity contribution in [1.82, 2.24) is 24.8 Å². The highest BCUT2D eigenvalue weighted by atomic mass is 32.1. The highest BCUT2D eigenvalue weighted by Crippen LogP contribution is 2.57. The molecule has 192 valence electrons. The van der Waals surface area contributed by atoms with E-state index in [0.29, 0.717) is 11.4 Å². The molecule has 7 rings (SSSR count). The summed E-state index contributed by atoms with van der Waals surface area (Å²) in [7, 11) is 1.92. The molecule has 3 aromatic heterocycles. The number of likely N-dealkylation sites (N-methyl/N-ethyl adjacent to an activating group) is 1. The van der Waals surface area contributed by atoms with Crippen molar-refractivity contribution in [3.8, 4) is 10.6 Å². The van der Waals surface area contributed by atoms with Crippen LogP contribution in [0, 0.1) is 19.3 Å². The average molecular weight is 516 g/mol. The molecule has 3 aliphatic heterocycles. The molecule has 1 N–H and O–H groups in total. The summed E-state index contributed by atoms with van der Waals surface area (Å²) in [5, 5.41) is 3.29. The van der Waals surface area contributed by atoms with Gasteiger partial charge in [-0.25, -0.2) is 15.0 Å². The Morgan fingerprint density at radius 1 is 1.05 bits per heavy atom. The minimum absolute atomic E-state index is 0.134. The van der Waals surface area contributed by atoms with Gasteiger partial charge in [0.2, 0.25) is 5.95 Å². The van der Waals surface area contributed by atoms with Crippen molar-refractivity contribution < 1.29 is 4.79 Å². The molecule has 0 aromatic carbocycles. The van der Waals surface area contributed by atoms with Crippen LogP contribution in [-0.2, 0) is 5.41 Å². The maximum atomic E-state index is 13.0. The first-order valence-corrected chi connectivity index (χ1v) is 14.1. The fourth-order valence-corrected chi connectivity index (χ4v) is 8.05. The van der Waals surface area contributed by atoms with Gasteiger partial charge in [-0.1, -0.05) is 6.92 Å². The monoisotopic (exact) mass is 515 g/mol. The van der Waals surface area contributed by atoms with Crippen molar-refractivity contribution in [1.29, 1.82) is 0 Å². The molecule has 1 saturated carbocycles. The molecule has 0 bridgehead atoms. The topological polar surface area (TPSA) is 77.5 Å². The Hall–Kier alpha value is -3.04. The minimum atomic E-state index is 0.134. The Morgan fingerprint density at radius 3 is 2.51 bits per heavy atom. The number of likely N-dealkylation sites (tertiary alicyclic amines) is 1. The van der Waals surface area contributed by atoms with Gasteiger partial charge in [0.1, 0.15) is 5.82 Å². The third-order valence-corrected chi connectivity index (χ3v) is 10.3. The number of carbonyl (C=O) groups excluding carboxylic acids is 1. The number of fused-ring (bicyclic) bond motifs is 2. The first-order valence-electron chi connectivity index (χ1n) is 13.2. The predicted octanol–water partition coefficient (Wildman–Crippen LogP) is 4.22. The third kappa shape index (κ3) is 3.58. The van der Waals surface area contributed by atoms with Gasteiger partial charge in [-0.05, 0) is 56.5 Å². The van der Waals surface area contributed by atoms with Gasteiger partial charge in [0.15, 0.2) is 0 Å². The molecule has 8 nitrogen and oxygen atoms in total. The number of hydrogen-bond donors (Lipinski definition) is 1. The number of amides is 1. The van der Waals surface area contributed by atoms with Gasteiger partial charge in [0.25, 0.3) is 5.91 Å². The number of hydrogen-bond acceptors (Lipinski definition) is 8. The van der Waals surface area contributed by atoms with Gasteiger partial charge in [0, 0.05) is 61.7 Å². The Bertz CT molecular complexity index is 1400. The van der Waals surface area contributed by atoms with Crippen LogP contribution in [0.4, 0.5) is 17.5 Å². The molecule has 1 aliphatic carbocycles. The lowest BCUT2D eigenvalue weighted by Gasteiger charge is -2.61. The molecule has 0 atom stereocenters. The molecular formula is C28H33N7OS. The van der Waals surface area contributed by atoms with E-state index in [1.165, 1.54) is 23.7 Å². The molecule has 6 heterocycles. The SMILES string of the molecule is CCN1CC2(C1)CN(c1ccc(Nc3ncc(C)c(-c4sc5c(c4C)C(=O)N(C)CC54CC4)n3)nc1)C2. The normalized spacial score (nSPS) is 21.1. The van der Waals surface area contributed by atoms with Crippen LogP contribution in [-0.4, -0.2) is 77.0 Å². The van der Waals surface area contributed by atoms with E-state index in [0.717, 1.165) is 72.1 Å². The van der Waals surface area contributed by atoms with Crippen LogP contribution < -0.4 is 10.2 Å². The number of nitrogens with zero attached hydrogens (tertiary/aromatic N) is 6. The van der Waals surface area contributed by atoms with Gasteiger partial charge >= 0.3 is 0 Å². The van der Waals surface area contributed by atoms with Gasteiger partial charge in [-0.15, -0.1) is 11.3 Å². The molecule has 9 heteroatoms. The van der Waals surface area contributed by atoms with E-state index >= 15 is 0 Å². The molecule has 2 spiro atoms. The molecular weight excluding hydrogens is 482 g/mol. The molecule has 3 fully saturated rings. The van der Waals surface area contributed by atoms with Crippen LogP contribution in [0.1, 0.15) is 46.1 Å². The molecule has 0 unspecified atom stereocenters. The van der Waals surface area contributed by atoms with E-state index in [1.807, 2.05) is 37.3 Å². The number of rotatable bonds is 5. The lowest BCUT2D eigenvalue weighted by atomic mass is 9.72. The summed E-state index contributed by atoms with van der Waals surface area (Å²) < 4.78 is 0. The summed E-state index contributed by atoms with van der Waals surface area (Å²) in [6.07, 6.45) is 6.11. The zero-order valence-electron chi connectivity index (χ0n) is 22.0. The smallest absolute Gasteiger partial charge is 0.255 e. The first kappa shape index (κ1) is 23.1. The van der Waals surface area contributed by atoms with Crippen LogP contribution in [0.25, 0.3) is 10.6 Å². The molecule has 2 saturated heterocycles. The number of anilines is 3. The number of nitrogens with one attached hydrogen (secondary N) is 1. The van der Waals surface area contributed by atoms with Crippen LogP contribution in [0.2, 0.25) is 0 Å². The second kappa shape index (κ2) is 7.98. The van der Waals surface area contributed by atoms with Crippen molar-refractivity contribution >= 4 is 34.7 Å². The lowest BCUT2D eigenvalue weighted by Crippen LogP contribution is -2.72. The zero-order chi connectivity index (χ0) is 25.5. The minimum Gasteiger partial charge on any atom is -0.369 e. The van der Waals surface area contributed by atoms with E-state index in [2.05, 4.69) is 45.0 Å². The van der Waals surface area contributed by atoms with Crippen molar-refractivity contribution in [3.63, 3.8) is 0 Å². The van der Waals surface area contributed by atoms with Crippen LogP contribution >= 0.6 is 11.3 Å². The van der Waals surface area contributed by atoms with Gasteiger partial charge < -0.3 is 20.0 Å². The average Bonchev–Trinajstić information content (AvgIpc) is 3.52. The molecule has 1 amide bonds. The number of thiophene rings is 1. The Morgan fingerprint density at radius 2 is 1.84 bits per heavy atom. The Labute approximate surface area is 221 Å². The summed E-state index contributed by atoms with van der Waals surface area (Å²) in [4.78, 5) is 36.3. The van der Waals surface area contributed by atoms with Crippen molar-refractivity contribution in [2.75, 3.05) is 56.5 Å². The van der Waals surface area contributed by atoms with E-state index in [-0.39, 0.29) is 11.3 Å². The van der Waals surface area contributed by atoms with E-state index in [9.17, 15) is 4.79 Å². The summed E-state index contributed by atoms with van der Waals surface area (Å²) in [5.74, 6) is 1.38. The number of carbonyl (C=O) groups is 1. The largest absolute Gasteiger partial charge is 0.369 e. The fourth-order valence-electron chi connectivity index (χ4n) is 6.46. The van der Waals surface area contributed by atoms with Crippen LogP contribution in [0.5, 0.6) is 0 Å². The Kier molecular flexibility index (Phi) is 4.98. The van der Waals surface area contributed by atoms with Gasteiger partial charge in [-0.3, -0.25) is 4.79 Å². The van der Waals surface area contributed by atoms with Crippen LogP contribution in [0.3, 0.4) is 0 Å². The summed E-state index contributed by atoms with van der Waals surface area (Å²) in [6.45, 7) is 13.0. The lowest BCUT2D eigenvalue weighted by molar-refractivity contribution is -0.0178. The van der Waals surface area contributed by atoms with Gasteiger partial charge in [-0.2, -0.15) is 0 Å². The number of pyridine rings is 1. The highest BCUT2D eigenvalue weighted by Gasteiger charge is 2.53. The number of aromatic nitrogens is 3. The molecule has 4 aliphatic rings. The summed E-state index contributed by atoms with van der Waals surface area (Å²) >= 11 is 1.75. The first-order chi connectivity index (χ1) is 17.8. The molecule has 3 aromatic rings. The van der Waals surface area contributed by atoms with E-state index < -0.39 is 0 Å². The van der Waals surface area contributed by atoms with Crippen molar-refractivity contribution in [2.45, 2.75) is 39.0 Å². The number of aryl methyl sites for hydroxylation is 1. The maximum absolute atomic E-state index is 13.0. The second-order valence-corrected chi connectivity index (χ2v) is 12.6.